The number of rotatable bonds is 17. The summed E-state index contributed by atoms with van der Waals surface area (Å²) in [6, 6.07) is 127. The van der Waals surface area contributed by atoms with Gasteiger partial charge < -0.3 is 52.8 Å². The molecule has 732 valence electrons. The molecule has 2 N–H and O–H groups in total. The van der Waals surface area contributed by atoms with Gasteiger partial charge in [-0.1, -0.05) is 267 Å². The number of fused-ring (bicyclic) bond motifs is 4. The molecule has 3 aromatic heterocycles. The lowest BCUT2D eigenvalue weighted by Crippen LogP contribution is -2.51. The fourth-order valence-electron chi connectivity index (χ4n) is 20.6. The molecule has 0 spiro atoms. The van der Waals surface area contributed by atoms with Crippen LogP contribution in [-0.4, -0.2) is 125 Å². The predicted molar refractivity (Wildman–Crippen MR) is 579 cm³/mol. The number of benzene rings is 16. The summed E-state index contributed by atoms with van der Waals surface area (Å²) in [5.74, 6) is 6.74. The summed E-state index contributed by atoms with van der Waals surface area (Å²) < 4.78 is 66.8. The molecule has 0 amide bonds. The van der Waals surface area contributed by atoms with Crippen molar-refractivity contribution in [2.24, 2.45) is 0 Å². The van der Waals surface area contributed by atoms with E-state index in [1.54, 1.807) is 13.2 Å². The molecule has 147 heavy (non-hydrogen) atoms. The Morgan fingerprint density at radius 2 is 0.721 bits per heavy atom. The van der Waals surface area contributed by atoms with E-state index >= 15 is 0 Å². The van der Waals surface area contributed by atoms with E-state index in [-0.39, 0.29) is 23.8 Å². The van der Waals surface area contributed by atoms with Gasteiger partial charge in [0.05, 0.1) is 45.0 Å². The van der Waals surface area contributed by atoms with Gasteiger partial charge >= 0.3 is 5.97 Å². The molecular formula is C128H120N7O12+7. The first kappa shape index (κ1) is 97.4. The Bertz CT molecular complexity index is 7970. The summed E-state index contributed by atoms with van der Waals surface area (Å²) >= 11 is 0. The van der Waals surface area contributed by atoms with Gasteiger partial charge in [-0.15, -0.1) is 0 Å². The minimum Gasteiger partial charge on any atom is -0.502 e. The Labute approximate surface area is 856 Å². The number of hydrogen-bond acceptors (Lipinski definition) is 12. The summed E-state index contributed by atoms with van der Waals surface area (Å²) in [6.45, 7) is 18.8. The first-order valence-corrected chi connectivity index (χ1v) is 50.1. The van der Waals surface area contributed by atoms with Gasteiger partial charge in [0.2, 0.25) is 22.2 Å². The van der Waals surface area contributed by atoms with Crippen LogP contribution >= 0.6 is 0 Å². The fourth-order valence-corrected chi connectivity index (χ4v) is 20.6. The number of para-hydroxylation sites is 6. The quantitative estimate of drug-likeness (QED) is 0.0504. The molecule has 7 aliphatic heterocycles. The zero-order chi connectivity index (χ0) is 101. The van der Waals surface area contributed by atoms with E-state index in [2.05, 4.69) is 239 Å². The van der Waals surface area contributed by atoms with Crippen molar-refractivity contribution in [1.82, 2.24) is 0 Å². The maximum atomic E-state index is 12.6. The molecule has 19 aromatic rings. The molecule has 10 heterocycles. The van der Waals surface area contributed by atoms with E-state index in [0.717, 1.165) is 114 Å². The molecule has 0 saturated heterocycles. The molecule has 16 aromatic carbocycles. The third kappa shape index (κ3) is 21.1. The van der Waals surface area contributed by atoms with Crippen LogP contribution in [0.2, 0.25) is 0 Å². The number of esters is 1. The molecule has 0 radical (unpaired) electrons. The molecule has 3 atom stereocenters. The third-order valence-corrected chi connectivity index (χ3v) is 28.1. The van der Waals surface area contributed by atoms with Gasteiger partial charge in [0.1, 0.15) is 46.9 Å². The Hall–Kier alpha value is -17.0. The number of phenolic OH excluding ortho intramolecular Hbond substituents is 1. The van der Waals surface area contributed by atoms with Crippen molar-refractivity contribution in [1.29, 1.82) is 0 Å². The van der Waals surface area contributed by atoms with Crippen molar-refractivity contribution in [2.75, 3.05) is 47.2 Å². The van der Waals surface area contributed by atoms with Crippen molar-refractivity contribution >= 4 is 102 Å². The van der Waals surface area contributed by atoms with Crippen LogP contribution in [0.15, 0.2) is 382 Å². The summed E-state index contributed by atoms with van der Waals surface area (Å²) in [5.41, 5.74) is 19.9. The van der Waals surface area contributed by atoms with Crippen LogP contribution in [0, 0.1) is 41.5 Å². The summed E-state index contributed by atoms with van der Waals surface area (Å²) in [5, 5.41) is 33.7. The Morgan fingerprint density at radius 3 is 1.20 bits per heavy atom. The van der Waals surface area contributed by atoms with Gasteiger partial charge in [-0.2, -0.15) is 32.0 Å². The first-order chi connectivity index (χ1) is 72.0. The average Bonchev–Trinajstić information content (AvgIpc) is 0.731. The standard InChI is InChI=1S/C30H28NO2.C20H22NO3.C19H22NO2.C15H13NO2.2C15H12NO.C14H10NO/c1-23-12-11-15-25-21-31(22-33-29(23)25)28(20-24-13-5-2-6-14-24)30(32,26-16-7-3-8-17-26)27-18-9-4-10-19-27;1-3-23-20(22)18(12-16-9-5-4-6-10-16)21-13-17-11-7-8-15(2)19(17)24-14-21;1-15-7-6-10-17-12-20(14-22-19(15)17)18(13-21-2)11-16-8-4-3-5-9-16;1-11-5-4-6-12-9-16(10-18-15(11)12)13-7-2-3-8-14(13)17;2*1-10-5-6-12-8-7-11-3-2-4-13-14(11)15(12)16(10)9-17-13;1-3-10-6-7-11-4-2-8-15-9-16-12(5-1)13(10)14(11)15/h2-19,21,28,32H,20,22H2,1H3;4-11,13,18H,3,12,14H2,1-2H3;3-10,12,18H,11,13-14H2,1-2H3;2-9H,10H2,1H3;2*2-8H,9H2,1H3;1-8H,9H2/q3*+1;;3*+1/p+1. The van der Waals surface area contributed by atoms with Crippen molar-refractivity contribution in [3.63, 3.8) is 0 Å². The van der Waals surface area contributed by atoms with Gasteiger partial charge in [-0.05, 0) is 186 Å². The molecule has 0 bridgehead atoms. The molecule has 7 aliphatic rings. The zero-order valence-corrected chi connectivity index (χ0v) is 84.0. The number of aliphatic hydroxyl groups is 1. The second-order valence-electron chi connectivity index (χ2n) is 37.7. The smallest absolute Gasteiger partial charge is 0.375 e. The summed E-state index contributed by atoms with van der Waals surface area (Å²) in [6.07, 6.45) is 12.6. The molecule has 0 aliphatic carbocycles. The minimum absolute atomic E-state index is 0.225. The van der Waals surface area contributed by atoms with Gasteiger partial charge in [-0.25, -0.2) is 4.79 Å². The van der Waals surface area contributed by atoms with Crippen molar-refractivity contribution in [3.8, 4) is 46.0 Å². The van der Waals surface area contributed by atoms with Gasteiger partial charge in [0.25, 0.3) is 53.2 Å². The monoisotopic (exact) mass is 1950 g/mol. The average molecular weight is 1950 g/mol. The maximum Gasteiger partial charge on any atom is 0.375 e. The number of ether oxygens (including phenoxy) is 9. The highest BCUT2D eigenvalue weighted by atomic mass is 16.5. The van der Waals surface area contributed by atoms with Crippen LogP contribution in [0.4, 0.5) is 5.69 Å². The molecule has 26 rings (SSSR count). The molecule has 0 saturated carbocycles. The van der Waals surface area contributed by atoms with Crippen LogP contribution in [0.1, 0.15) is 90.6 Å². The zero-order valence-electron chi connectivity index (χ0n) is 84.0. The van der Waals surface area contributed by atoms with Crippen LogP contribution in [0.25, 0.3) is 65.0 Å². The van der Waals surface area contributed by atoms with E-state index in [0.29, 0.717) is 73.2 Å². The number of methoxy groups -OCH3 is 1. The van der Waals surface area contributed by atoms with Crippen LogP contribution in [0.5, 0.6) is 46.0 Å². The van der Waals surface area contributed by atoms with Crippen LogP contribution < -0.4 is 46.9 Å². The summed E-state index contributed by atoms with van der Waals surface area (Å²) in [7, 11) is 1.75. The molecular weight excluding hydrogens is 1830 g/mol. The first-order valence-electron chi connectivity index (χ1n) is 50.1. The Morgan fingerprint density at radius 1 is 0.347 bits per heavy atom. The van der Waals surface area contributed by atoms with Crippen LogP contribution in [-0.2, 0) is 59.3 Å². The lowest BCUT2D eigenvalue weighted by molar-refractivity contribution is -0.707. The highest BCUT2D eigenvalue weighted by Gasteiger charge is 2.49. The minimum atomic E-state index is -1.25. The second kappa shape index (κ2) is 44.5. The second-order valence-corrected chi connectivity index (χ2v) is 37.7. The Balaban J connectivity index is 0.000000106. The van der Waals surface area contributed by atoms with Gasteiger partial charge in [-0.3, -0.25) is 0 Å². The molecule has 19 nitrogen and oxygen atoms in total. The number of aromatic nitrogens is 3. The number of aryl methyl sites for hydroxylation is 6. The number of aromatic hydroxyl groups is 1. The number of hydrogen-bond donors (Lipinski definition) is 2. The van der Waals surface area contributed by atoms with E-state index < -0.39 is 11.6 Å². The highest BCUT2D eigenvalue weighted by molar-refractivity contribution is 6.09. The molecule has 3 unspecified atom stereocenters. The largest absolute Gasteiger partial charge is 0.502 e. The van der Waals surface area contributed by atoms with Crippen molar-refractivity contribution in [2.45, 2.75) is 112 Å². The van der Waals surface area contributed by atoms with Gasteiger partial charge in [0, 0.05) is 80.6 Å². The third-order valence-electron chi connectivity index (χ3n) is 28.1. The molecule has 0 fully saturated rings. The number of nitrogens with zero attached hydrogens (tertiary/aromatic N) is 7. The maximum absolute atomic E-state index is 12.6. The Kier molecular flexibility index (Phi) is 29.5. The SMILES string of the molecule is CCOC(=O)C(Cc1ccccc1)[N+]1=Cc2cccc(C)c2OC1.COCC(Cc1ccccc1)[N+]1=Cc2cccc(C)c2OC1.Cc1ccc2ccc3cccc4c3c2[n+]1CO4.Cc1ccc2ccc3cccc4c3c2[n+]1CO4.Cc1cccc2c1OC[N+](C(Cc1ccccc1)C(O)(c1ccccc1)c1ccccc1)=C2.Cc1cccc2c1OC[N+](c1ccccc1O)=C2.c1cc2c3c(c1)ccc1ccc[n+](c13)CO2. The number of phenols is 1. The van der Waals surface area contributed by atoms with Gasteiger partial charge in [0.15, 0.2) is 65.9 Å². The van der Waals surface area contributed by atoms with Crippen molar-refractivity contribution in [3.05, 3.63) is 466 Å². The lowest BCUT2D eigenvalue weighted by Gasteiger charge is -2.35. The number of carbonyl (C=O) groups excluding carboxylic acids is 1. The van der Waals surface area contributed by atoms with E-state index in [9.17, 15) is 15.0 Å². The number of carbonyl (C=O) groups is 1. The normalized spacial score (nSPS) is 13.8. The summed E-state index contributed by atoms with van der Waals surface area (Å²) in [4.78, 5) is 12.5. The van der Waals surface area contributed by atoms with Crippen molar-refractivity contribution < 1.29 is 89.6 Å². The van der Waals surface area contributed by atoms with E-state index in [1.807, 2.05) is 243 Å². The topological polar surface area (TPSA) is 164 Å². The van der Waals surface area contributed by atoms with Crippen LogP contribution in [0.3, 0.4) is 0 Å². The molecule has 19 heteroatoms. The van der Waals surface area contributed by atoms with E-state index in [1.165, 1.54) is 87.5 Å². The number of pyridine rings is 3. The predicted octanol–water partition coefficient (Wildman–Crippen LogP) is 22.6. The fraction of sp³-hybridized carbons (Fsp3) is 0.188. The lowest BCUT2D eigenvalue weighted by atomic mass is 9.77. The highest BCUT2D eigenvalue weighted by Crippen LogP contribution is 2.42. The van der Waals surface area contributed by atoms with E-state index in [4.69, 9.17) is 42.6 Å².